The van der Waals surface area contributed by atoms with E-state index in [9.17, 15) is 9.59 Å². The Morgan fingerprint density at radius 1 is 0.395 bits per heavy atom. The van der Waals surface area contributed by atoms with Crippen molar-refractivity contribution in [3.63, 3.8) is 0 Å². The molecule has 0 atom stereocenters. The van der Waals surface area contributed by atoms with Crippen LogP contribution in [-0.2, 0) is 61.7 Å². The van der Waals surface area contributed by atoms with Gasteiger partial charge in [0.05, 0.1) is 132 Å². The number of hydrogen-bond acceptors (Lipinski definition) is 13. The lowest BCUT2D eigenvalue weighted by Crippen LogP contribution is -2.15. The molecule has 0 N–H and O–H groups in total. The van der Waals surface area contributed by atoms with E-state index in [0.29, 0.717) is 126 Å². The van der Waals surface area contributed by atoms with Crippen molar-refractivity contribution in [1.29, 1.82) is 0 Å². The summed E-state index contributed by atoms with van der Waals surface area (Å²) in [6, 6.07) is 0. The Balaban J connectivity index is 3.06. The number of rotatable bonds is 31. The minimum absolute atomic E-state index is 0.253. The highest BCUT2D eigenvalue weighted by Crippen LogP contribution is 1.89. The van der Waals surface area contributed by atoms with Crippen LogP contribution in [0.4, 0.5) is 0 Å². The van der Waals surface area contributed by atoms with E-state index in [1.165, 1.54) is 6.92 Å². The van der Waals surface area contributed by atoms with Crippen LogP contribution in [0.5, 0.6) is 0 Å². The maximum Gasteiger partial charge on any atom is 0.308 e. The van der Waals surface area contributed by atoms with Crippen LogP contribution in [0.25, 0.3) is 0 Å². The molecule has 0 spiro atoms. The van der Waals surface area contributed by atoms with Gasteiger partial charge in [-0.05, 0) is 6.92 Å². The van der Waals surface area contributed by atoms with Gasteiger partial charge in [0.1, 0.15) is 6.61 Å². The lowest BCUT2D eigenvalue weighted by Gasteiger charge is -2.09. The Morgan fingerprint density at radius 3 is 0.921 bits per heavy atom. The molecule has 0 aromatic rings. The first-order chi connectivity index (χ1) is 18.7. The van der Waals surface area contributed by atoms with Crippen molar-refractivity contribution in [2.75, 3.05) is 132 Å². The summed E-state index contributed by atoms with van der Waals surface area (Å²) < 4.78 is 57.9. The number of carbonyl (C=O) groups is 2. The summed E-state index contributed by atoms with van der Waals surface area (Å²) in [4.78, 5) is 21.7. The maximum atomic E-state index is 11.1. The number of ether oxygens (including phenoxy) is 11. The smallest absolute Gasteiger partial charge is 0.308 e. The molecule has 0 aliphatic heterocycles. The second-order valence-electron chi connectivity index (χ2n) is 7.41. The van der Waals surface area contributed by atoms with Crippen LogP contribution >= 0.6 is 0 Å². The quantitative estimate of drug-likeness (QED) is 0.0874. The molecule has 0 aromatic carbocycles. The Bertz CT molecular complexity index is 508. The third-order valence-corrected chi connectivity index (χ3v) is 4.26. The fourth-order valence-electron chi connectivity index (χ4n) is 2.49. The molecule has 0 fully saturated rings. The second-order valence-corrected chi connectivity index (χ2v) is 7.41. The van der Waals surface area contributed by atoms with Gasteiger partial charge < -0.3 is 52.1 Å². The summed E-state index contributed by atoms with van der Waals surface area (Å²) in [5, 5.41) is 0. The Hall–Kier alpha value is -1.42. The largest absolute Gasteiger partial charge is 0.466 e. The second kappa shape index (κ2) is 31.8. The lowest BCUT2D eigenvalue weighted by atomic mass is 10.5. The molecule has 0 radical (unpaired) electrons. The van der Waals surface area contributed by atoms with Crippen LogP contribution in [0.2, 0.25) is 0 Å². The van der Waals surface area contributed by atoms with Crippen LogP contribution in [0.15, 0.2) is 0 Å². The fraction of sp³-hybridized carbons (Fsp3) is 0.920. The van der Waals surface area contributed by atoms with Crippen molar-refractivity contribution >= 4 is 11.9 Å². The summed E-state index contributed by atoms with van der Waals surface area (Å²) in [5.74, 6) is -0.567. The zero-order valence-corrected chi connectivity index (χ0v) is 23.2. The van der Waals surface area contributed by atoms with Gasteiger partial charge in [-0.25, -0.2) is 0 Å². The predicted molar refractivity (Wildman–Crippen MR) is 135 cm³/mol. The van der Waals surface area contributed by atoms with E-state index in [0.717, 1.165) is 0 Å². The summed E-state index contributed by atoms with van der Waals surface area (Å²) >= 11 is 0. The molecule has 13 heteroatoms. The highest BCUT2D eigenvalue weighted by Gasteiger charge is 2.01. The summed E-state index contributed by atoms with van der Waals surface area (Å²) in [6.07, 6.45) is 0.255. The molecule has 0 aliphatic rings. The molecular weight excluding hydrogens is 508 g/mol. The molecule has 0 heterocycles. The average molecular weight is 557 g/mol. The van der Waals surface area contributed by atoms with Crippen molar-refractivity contribution in [2.45, 2.75) is 20.3 Å². The Kier molecular flexibility index (Phi) is 30.6. The molecule has 0 rings (SSSR count). The van der Waals surface area contributed by atoms with Gasteiger partial charge >= 0.3 is 11.9 Å². The SMILES string of the molecule is CCOC(=O)CCOCCOCCOCCOCCOCCOCCOCCOCCOCCOC(C)=O. The summed E-state index contributed by atoms with van der Waals surface area (Å²) in [5.41, 5.74) is 0. The molecule has 226 valence electrons. The third-order valence-electron chi connectivity index (χ3n) is 4.26. The molecule has 0 amide bonds. The van der Waals surface area contributed by atoms with Gasteiger partial charge in [-0.1, -0.05) is 0 Å². The third kappa shape index (κ3) is 32.6. The zero-order valence-electron chi connectivity index (χ0n) is 23.2. The van der Waals surface area contributed by atoms with Crippen LogP contribution in [0, 0.1) is 0 Å². The van der Waals surface area contributed by atoms with Gasteiger partial charge in [0.2, 0.25) is 0 Å². The molecule has 0 saturated carbocycles. The number of hydrogen-bond donors (Lipinski definition) is 0. The summed E-state index contributed by atoms with van der Waals surface area (Å²) in [6.45, 7) is 12.1. The van der Waals surface area contributed by atoms with Crippen LogP contribution in [0.3, 0.4) is 0 Å². The molecule has 0 aliphatic carbocycles. The van der Waals surface area contributed by atoms with E-state index in [4.69, 9.17) is 52.1 Å². The number of esters is 2. The predicted octanol–water partition coefficient (Wildman–Crippen LogP) is 0.652. The molecule has 0 bridgehead atoms. The molecular formula is C25H48O13. The zero-order chi connectivity index (χ0) is 27.8. The first-order valence-corrected chi connectivity index (χ1v) is 13.2. The highest BCUT2D eigenvalue weighted by molar-refractivity contribution is 5.69. The normalized spacial score (nSPS) is 11.1. The molecule has 38 heavy (non-hydrogen) atoms. The first-order valence-electron chi connectivity index (χ1n) is 13.2. The van der Waals surface area contributed by atoms with E-state index < -0.39 is 0 Å². The van der Waals surface area contributed by atoms with E-state index >= 15 is 0 Å². The van der Waals surface area contributed by atoms with Gasteiger partial charge in [0.25, 0.3) is 0 Å². The minimum atomic E-state index is -0.314. The van der Waals surface area contributed by atoms with Crippen molar-refractivity contribution in [3.05, 3.63) is 0 Å². The maximum absolute atomic E-state index is 11.1. The Morgan fingerprint density at radius 2 is 0.658 bits per heavy atom. The van der Waals surface area contributed by atoms with Gasteiger partial charge in [-0.3, -0.25) is 9.59 Å². The van der Waals surface area contributed by atoms with Gasteiger partial charge in [0.15, 0.2) is 0 Å². The van der Waals surface area contributed by atoms with E-state index in [2.05, 4.69) is 0 Å². The van der Waals surface area contributed by atoms with E-state index in [1.807, 2.05) is 0 Å². The average Bonchev–Trinajstić information content (AvgIpc) is 2.89. The van der Waals surface area contributed by atoms with Crippen molar-refractivity contribution < 1.29 is 61.7 Å². The fourth-order valence-corrected chi connectivity index (χ4v) is 2.49. The van der Waals surface area contributed by atoms with E-state index in [-0.39, 0.29) is 25.0 Å². The first kappa shape index (κ1) is 36.6. The van der Waals surface area contributed by atoms with Gasteiger partial charge in [0, 0.05) is 6.92 Å². The van der Waals surface area contributed by atoms with Crippen LogP contribution in [-0.4, -0.2) is 144 Å². The van der Waals surface area contributed by atoms with Crippen molar-refractivity contribution in [2.24, 2.45) is 0 Å². The molecule has 0 aromatic heterocycles. The molecule has 0 unspecified atom stereocenters. The van der Waals surface area contributed by atoms with Crippen molar-refractivity contribution in [1.82, 2.24) is 0 Å². The standard InChI is InChI=1S/C25H48O13/c1-3-37-25(27)4-5-28-6-7-29-8-9-30-10-11-31-12-13-32-14-15-33-16-17-34-18-19-35-20-21-36-22-23-38-24(2)26/h3-23H2,1-2H3. The summed E-state index contributed by atoms with van der Waals surface area (Å²) in [7, 11) is 0. The van der Waals surface area contributed by atoms with E-state index in [1.54, 1.807) is 6.92 Å². The lowest BCUT2D eigenvalue weighted by molar-refractivity contribution is -0.144. The minimum Gasteiger partial charge on any atom is -0.466 e. The highest BCUT2D eigenvalue weighted by atomic mass is 16.6. The van der Waals surface area contributed by atoms with Crippen molar-refractivity contribution in [3.8, 4) is 0 Å². The topological polar surface area (TPSA) is 136 Å². The van der Waals surface area contributed by atoms with Gasteiger partial charge in [-0.2, -0.15) is 0 Å². The van der Waals surface area contributed by atoms with Crippen LogP contribution < -0.4 is 0 Å². The monoisotopic (exact) mass is 556 g/mol. The van der Waals surface area contributed by atoms with Gasteiger partial charge in [-0.15, -0.1) is 0 Å². The van der Waals surface area contributed by atoms with Crippen LogP contribution in [0.1, 0.15) is 20.3 Å². The molecule has 13 nitrogen and oxygen atoms in total. The number of carbonyl (C=O) groups excluding carboxylic acids is 2. The Labute approximate surface area is 226 Å². The molecule has 0 saturated heterocycles.